The van der Waals surface area contributed by atoms with E-state index in [2.05, 4.69) is 9.88 Å². The molecule has 1 aromatic heterocycles. The third kappa shape index (κ3) is 5.45. The molecule has 2 aliphatic rings. The zero-order valence-electron chi connectivity index (χ0n) is 16.6. The van der Waals surface area contributed by atoms with Gasteiger partial charge in [0.1, 0.15) is 11.3 Å². The van der Waals surface area contributed by atoms with Crippen LogP contribution in [0.1, 0.15) is 38.5 Å². The number of carbonyl (C=O) groups excluding carboxylic acids is 1. The van der Waals surface area contributed by atoms with E-state index in [9.17, 15) is 9.18 Å². The number of carbonyl (C=O) groups is 1. The van der Waals surface area contributed by atoms with Gasteiger partial charge >= 0.3 is 0 Å². The Balaban J connectivity index is 0.00000240. The number of morpholine rings is 1. The number of benzene rings is 1. The van der Waals surface area contributed by atoms with Crippen molar-refractivity contribution in [1.29, 1.82) is 0 Å². The molecule has 2 aromatic rings. The Hall–Kier alpha value is -1.28. The van der Waals surface area contributed by atoms with Crippen LogP contribution in [0.15, 0.2) is 18.2 Å². The Morgan fingerprint density at radius 1 is 1.24 bits per heavy atom. The maximum absolute atomic E-state index is 14.1. The molecule has 0 bridgehead atoms. The largest absolute Gasteiger partial charge is 0.379 e. The third-order valence-corrected chi connectivity index (χ3v) is 6.81. The van der Waals surface area contributed by atoms with Gasteiger partial charge in [0.05, 0.1) is 17.9 Å². The van der Waals surface area contributed by atoms with Crippen molar-refractivity contribution in [2.45, 2.75) is 38.5 Å². The summed E-state index contributed by atoms with van der Waals surface area (Å²) in [5, 5.41) is 0.637. The second kappa shape index (κ2) is 10.7. The highest BCUT2D eigenvalue weighted by Gasteiger charge is 2.29. The van der Waals surface area contributed by atoms with Crippen LogP contribution in [0.2, 0.25) is 0 Å². The lowest BCUT2D eigenvalue weighted by molar-refractivity contribution is -0.123. The number of hydrogen-bond acceptors (Lipinski definition) is 5. The van der Waals surface area contributed by atoms with Crippen LogP contribution >= 0.6 is 23.7 Å². The summed E-state index contributed by atoms with van der Waals surface area (Å²) in [6.45, 7) is 5.03. The molecule has 0 unspecified atom stereocenters. The second-order valence-electron chi connectivity index (χ2n) is 7.72. The number of fused-ring (bicyclic) bond motifs is 1. The molecule has 5 nitrogen and oxygen atoms in total. The van der Waals surface area contributed by atoms with Gasteiger partial charge in [-0.3, -0.25) is 14.6 Å². The van der Waals surface area contributed by atoms with E-state index in [1.807, 2.05) is 11.0 Å². The first kappa shape index (κ1) is 22.4. The molecule has 4 rings (SSSR count). The van der Waals surface area contributed by atoms with Gasteiger partial charge in [-0.25, -0.2) is 9.37 Å². The second-order valence-corrected chi connectivity index (χ2v) is 8.72. The summed E-state index contributed by atoms with van der Waals surface area (Å²) in [6.07, 6.45) is 6.25. The Morgan fingerprint density at radius 2 is 2.00 bits per heavy atom. The van der Waals surface area contributed by atoms with Crippen LogP contribution in [-0.4, -0.2) is 55.2 Å². The number of thiazole rings is 1. The van der Waals surface area contributed by atoms with Crippen molar-refractivity contribution in [3.05, 3.63) is 24.0 Å². The lowest BCUT2D eigenvalue weighted by atomic mass is 9.88. The van der Waals surface area contributed by atoms with Crippen LogP contribution in [-0.2, 0) is 9.53 Å². The molecule has 0 radical (unpaired) electrons. The molecule has 160 valence electrons. The van der Waals surface area contributed by atoms with Crippen LogP contribution in [0.25, 0.3) is 10.2 Å². The fourth-order valence-corrected chi connectivity index (χ4v) is 5.18. The third-order valence-electron chi connectivity index (χ3n) is 5.77. The van der Waals surface area contributed by atoms with Gasteiger partial charge in [0.25, 0.3) is 0 Å². The van der Waals surface area contributed by atoms with Gasteiger partial charge in [0.2, 0.25) is 5.91 Å². The number of nitrogens with zero attached hydrogens (tertiary/aromatic N) is 3. The normalized spacial score (nSPS) is 18.5. The summed E-state index contributed by atoms with van der Waals surface area (Å²) < 4.78 is 20.3. The molecule has 1 saturated carbocycles. The number of ether oxygens (including phenoxy) is 1. The summed E-state index contributed by atoms with van der Waals surface area (Å²) in [6, 6.07) is 5.00. The molecule has 1 saturated heterocycles. The Kier molecular flexibility index (Phi) is 8.24. The lowest BCUT2D eigenvalue weighted by Gasteiger charge is -2.30. The van der Waals surface area contributed by atoms with E-state index in [4.69, 9.17) is 4.74 Å². The van der Waals surface area contributed by atoms with Crippen LogP contribution < -0.4 is 4.90 Å². The predicted molar refractivity (Wildman–Crippen MR) is 118 cm³/mol. The molecule has 1 aliphatic carbocycles. The minimum Gasteiger partial charge on any atom is -0.379 e. The molecule has 0 atom stereocenters. The number of anilines is 1. The van der Waals surface area contributed by atoms with Crippen LogP contribution in [0.4, 0.5) is 9.52 Å². The molecule has 2 fully saturated rings. The molecule has 0 spiro atoms. The van der Waals surface area contributed by atoms with Crippen LogP contribution in [0.5, 0.6) is 0 Å². The van der Waals surface area contributed by atoms with Crippen LogP contribution in [0.3, 0.4) is 0 Å². The zero-order chi connectivity index (χ0) is 19.3. The highest BCUT2D eigenvalue weighted by atomic mass is 35.5. The van der Waals surface area contributed by atoms with Crippen molar-refractivity contribution in [2.24, 2.45) is 5.92 Å². The number of para-hydroxylation sites is 1. The van der Waals surface area contributed by atoms with E-state index in [0.717, 1.165) is 69.7 Å². The SMILES string of the molecule is Cl.O=C(C1CCCCC1)N(CCCN1CCOCC1)c1nc2c(F)cccc2s1. The molecule has 1 aromatic carbocycles. The molecule has 2 heterocycles. The molecule has 8 heteroatoms. The van der Waals surface area contributed by atoms with E-state index in [1.165, 1.54) is 23.8 Å². The molecule has 1 amide bonds. The van der Waals surface area contributed by atoms with Gasteiger partial charge in [0, 0.05) is 32.1 Å². The van der Waals surface area contributed by atoms with Crippen molar-refractivity contribution < 1.29 is 13.9 Å². The number of hydrogen-bond donors (Lipinski definition) is 0. The molecule has 29 heavy (non-hydrogen) atoms. The first-order chi connectivity index (χ1) is 13.7. The molecular weight excluding hydrogens is 413 g/mol. The van der Waals surface area contributed by atoms with Crippen molar-refractivity contribution in [3.63, 3.8) is 0 Å². The van der Waals surface area contributed by atoms with Crippen molar-refractivity contribution in [1.82, 2.24) is 9.88 Å². The Bertz CT molecular complexity index is 806. The maximum atomic E-state index is 14.1. The molecule has 0 N–H and O–H groups in total. The summed E-state index contributed by atoms with van der Waals surface area (Å²) in [7, 11) is 0. The topological polar surface area (TPSA) is 45.7 Å². The van der Waals surface area contributed by atoms with Gasteiger partial charge in [-0.05, 0) is 31.4 Å². The van der Waals surface area contributed by atoms with Crippen molar-refractivity contribution >= 4 is 45.0 Å². The standard InChI is InChI=1S/C21H28FN3O2S.ClH/c22-17-8-4-9-18-19(17)23-21(28-18)25(20(26)16-6-2-1-3-7-16)11-5-10-24-12-14-27-15-13-24;/h4,8-9,16H,1-3,5-7,10-15H2;1H. The van der Waals surface area contributed by atoms with Crippen LogP contribution in [0, 0.1) is 11.7 Å². The fraction of sp³-hybridized carbons (Fsp3) is 0.619. The molecular formula is C21H29ClFN3O2S. The van der Waals surface area contributed by atoms with Crippen molar-refractivity contribution in [2.75, 3.05) is 44.3 Å². The summed E-state index contributed by atoms with van der Waals surface area (Å²) in [5.74, 6) is -0.0754. The highest BCUT2D eigenvalue weighted by molar-refractivity contribution is 7.22. The average molecular weight is 442 g/mol. The predicted octanol–water partition coefficient (Wildman–Crippen LogP) is 4.49. The van der Waals surface area contributed by atoms with Gasteiger partial charge in [-0.2, -0.15) is 0 Å². The average Bonchev–Trinajstić information content (AvgIpc) is 3.17. The van der Waals surface area contributed by atoms with E-state index in [0.29, 0.717) is 17.2 Å². The van der Waals surface area contributed by atoms with Gasteiger partial charge in [-0.15, -0.1) is 12.4 Å². The highest BCUT2D eigenvalue weighted by Crippen LogP contribution is 2.33. The lowest BCUT2D eigenvalue weighted by Crippen LogP contribution is -2.41. The van der Waals surface area contributed by atoms with E-state index in [-0.39, 0.29) is 30.0 Å². The summed E-state index contributed by atoms with van der Waals surface area (Å²) >= 11 is 1.42. The first-order valence-corrected chi connectivity index (χ1v) is 11.2. The monoisotopic (exact) mass is 441 g/mol. The van der Waals surface area contributed by atoms with Gasteiger partial charge in [0.15, 0.2) is 5.13 Å². The summed E-state index contributed by atoms with van der Waals surface area (Å²) in [5.41, 5.74) is 0.372. The van der Waals surface area contributed by atoms with Gasteiger partial charge < -0.3 is 4.74 Å². The van der Waals surface area contributed by atoms with Gasteiger partial charge in [-0.1, -0.05) is 36.7 Å². The smallest absolute Gasteiger partial charge is 0.231 e. The van der Waals surface area contributed by atoms with E-state index in [1.54, 1.807) is 6.07 Å². The Morgan fingerprint density at radius 3 is 2.72 bits per heavy atom. The molecule has 1 aliphatic heterocycles. The number of aromatic nitrogens is 1. The quantitative estimate of drug-likeness (QED) is 0.662. The number of halogens is 2. The zero-order valence-corrected chi connectivity index (χ0v) is 18.3. The van der Waals surface area contributed by atoms with Crippen molar-refractivity contribution in [3.8, 4) is 0 Å². The first-order valence-electron chi connectivity index (χ1n) is 10.4. The minimum atomic E-state index is -0.321. The fourth-order valence-electron chi connectivity index (χ4n) is 4.17. The van der Waals surface area contributed by atoms with E-state index < -0.39 is 0 Å². The van der Waals surface area contributed by atoms with E-state index >= 15 is 0 Å². The Labute approximate surface area is 181 Å². The minimum absolute atomic E-state index is 0. The number of rotatable bonds is 6. The summed E-state index contributed by atoms with van der Waals surface area (Å²) in [4.78, 5) is 22.0. The maximum Gasteiger partial charge on any atom is 0.231 e. The number of amides is 1.